The summed E-state index contributed by atoms with van der Waals surface area (Å²) in [6.07, 6.45) is -11.1. The van der Waals surface area contributed by atoms with Crippen molar-refractivity contribution in [1.82, 2.24) is 10.6 Å². The van der Waals surface area contributed by atoms with E-state index in [1.807, 2.05) is 121 Å². The lowest BCUT2D eigenvalue weighted by atomic mass is 9.95. The minimum atomic E-state index is -1.41. The molecule has 7 rings (SSSR count). The molecule has 3 aliphatic rings. The molecule has 3 fully saturated rings. The summed E-state index contributed by atoms with van der Waals surface area (Å²) >= 11 is 0. The first-order valence-corrected chi connectivity index (χ1v) is 21.8. The number of carbonyl (C=O) groups excluding carboxylic acids is 5. The number of esters is 3. The van der Waals surface area contributed by atoms with Crippen LogP contribution < -0.4 is 10.6 Å². The molecule has 2 amide bonds. The Hall–Kier alpha value is -6.25. The molecule has 67 heavy (non-hydrogen) atoms. The quantitative estimate of drug-likeness (QED) is 0.103. The number of hydrogen-bond acceptors (Lipinski definition) is 16. The highest BCUT2D eigenvalue weighted by Crippen LogP contribution is 2.36. The Morgan fingerprint density at radius 1 is 0.552 bits per heavy atom. The van der Waals surface area contributed by atoms with E-state index in [2.05, 4.69) is 10.6 Å². The Balaban J connectivity index is 1.17. The molecule has 2 N–H and O–H groups in total. The number of nitrogens with one attached hydrogen (secondary N) is 2. The van der Waals surface area contributed by atoms with Gasteiger partial charge in [0.25, 0.3) is 0 Å². The average Bonchev–Trinajstić information content (AvgIpc) is 3.33. The first kappa shape index (κ1) is 48.7. The summed E-state index contributed by atoms with van der Waals surface area (Å²) in [6, 6.07) is 34.3. The van der Waals surface area contributed by atoms with Gasteiger partial charge in [0, 0.05) is 26.3 Å². The summed E-state index contributed by atoms with van der Waals surface area (Å²) in [5.41, 5.74) is 3.01. The van der Waals surface area contributed by atoms with E-state index < -0.39 is 111 Å². The average molecular weight is 927 g/mol. The molecular formula is C49H54N2O16. The van der Waals surface area contributed by atoms with Crippen LogP contribution in [0.2, 0.25) is 0 Å². The van der Waals surface area contributed by atoms with E-state index in [1.165, 1.54) is 6.92 Å². The van der Waals surface area contributed by atoms with Crippen molar-refractivity contribution >= 4 is 29.9 Å². The number of rotatable bonds is 18. The van der Waals surface area contributed by atoms with Crippen molar-refractivity contribution in [2.45, 2.75) is 108 Å². The molecule has 0 aromatic heterocycles. The summed E-state index contributed by atoms with van der Waals surface area (Å²) in [5, 5.41) is 5.68. The van der Waals surface area contributed by atoms with Crippen molar-refractivity contribution in [2.24, 2.45) is 0 Å². The Morgan fingerprint density at radius 2 is 1.07 bits per heavy atom. The van der Waals surface area contributed by atoms with Gasteiger partial charge in [0.15, 0.2) is 31.1 Å². The Labute approximate surface area is 387 Å². The maximum Gasteiger partial charge on any atom is 0.407 e. The minimum absolute atomic E-state index is 0.0229. The smallest absolute Gasteiger partial charge is 0.407 e. The van der Waals surface area contributed by atoms with Crippen LogP contribution in [0.15, 0.2) is 121 Å². The van der Waals surface area contributed by atoms with Crippen LogP contribution in [0, 0.1) is 0 Å². The number of amides is 2. The molecule has 0 bridgehead atoms. The van der Waals surface area contributed by atoms with Crippen molar-refractivity contribution in [1.29, 1.82) is 0 Å². The van der Waals surface area contributed by atoms with Crippen molar-refractivity contribution in [3.05, 3.63) is 144 Å². The fourth-order valence-corrected chi connectivity index (χ4v) is 7.85. The van der Waals surface area contributed by atoms with Gasteiger partial charge in [0.05, 0.1) is 19.8 Å². The molecule has 3 aliphatic heterocycles. The van der Waals surface area contributed by atoms with Gasteiger partial charge in [0.1, 0.15) is 56.3 Å². The van der Waals surface area contributed by atoms with E-state index in [1.54, 1.807) is 0 Å². The molecule has 18 nitrogen and oxygen atoms in total. The van der Waals surface area contributed by atoms with Crippen molar-refractivity contribution < 1.29 is 76.1 Å². The highest BCUT2D eigenvalue weighted by atomic mass is 16.8. The lowest BCUT2D eigenvalue weighted by molar-refractivity contribution is -0.349. The van der Waals surface area contributed by atoms with E-state index in [9.17, 15) is 24.0 Å². The lowest BCUT2D eigenvalue weighted by Gasteiger charge is -2.49. The molecule has 3 saturated heterocycles. The molecule has 4 aromatic rings. The SMILES string of the molecule is CC(=O)OC[C@H]1O[C@H](OCc2ccccc2)[C@@H](NC(=O)CO[C@@H]2[C@@H](NC(=O)OCc3ccccc3)[C@@H](OCc3ccccc3)O[C@@H]3COC(c4ccccc4)O[C@@H]23)[C@@H](OC(C)=O)[C@@H]1OC(C)=O. The number of fused-ring (bicyclic) bond motifs is 1. The summed E-state index contributed by atoms with van der Waals surface area (Å²) in [5.74, 6) is -2.95. The Morgan fingerprint density at radius 3 is 1.64 bits per heavy atom. The molecule has 356 valence electrons. The van der Waals surface area contributed by atoms with Crippen LogP contribution in [0.25, 0.3) is 0 Å². The summed E-state index contributed by atoms with van der Waals surface area (Å²) in [7, 11) is 0. The highest BCUT2D eigenvalue weighted by molar-refractivity contribution is 5.78. The van der Waals surface area contributed by atoms with E-state index in [0.29, 0.717) is 5.56 Å². The van der Waals surface area contributed by atoms with E-state index in [0.717, 1.165) is 30.5 Å². The molecule has 0 spiro atoms. The molecular weight excluding hydrogens is 873 g/mol. The monoisotopic (exact) mass is 926 g/mol. The summed E-state index contributed by atoms with van der Waals surface area (Å²) in [4.78, 5) is 65.1. The second-order valence-electron chi connectivity index (χ2n) is 15.9. The zero-order chi connectivity index (χ0) is 47.1. The van der Waals surface area contributed by atoms with Gasteiger partial charge in [0.2, 0.25) is 5.91 Å². The second kappa shape index (κ2) is 24.0. The van der Waals surface area contributed by atoms with E-state index in [4.69, 9.17) is 52.1 Å². The lowest BCUT2D eigenvalue weighted by Crippen LogP contribution is -2.68. The Kier molecular flexibility index (Phi) is 17.4. The fraction of sp³-hybridized carbons (Fsp3) is 0.408. The number of hydrogen-bond donors (Lipinski definition) is 2. The van der Waals surface area contributed by atoms with Crippen molar-refractivity contribution in [2.75, 3.05) is 19.8 Å². The van der Waals surface area contributed by atoms with E-state index in [-0.39, 0.29) is 26.4 Å². The zero-order valence-electron chi connectivity index (χ0n) is 37.2. The molecule has 18 heteroatoms. The van der Waals surface area contributed by atoms with Crippen LogP contribution in [0.3, 0.4) is 0 Å². The predicted molar refractivity (Wildman–Crippen MR) is 233 cm³/mol. The first-order chi connectivity index (χ1) is 32.5. The van der Waals surface area contributed by atoms with Crippen LogP contribution in [-0.4, -0.2) is 111 Å². The van der Waals surface area contributed by atoms with Crippen LogP contribution in [0.5, 0.6) is 0 Å². The minimum Gasteiger partial charge on any atom is -0.463 e. The number of carbonyl (C=O) groups is 5. The van der Waals surface area contributed by atoms with Crippen molar-refractivity contribution in [3.8, 4) is 0 Å². The van der Waals surface area contributed by atoms with E-state index >= 15 is 0 Å². The van der Waals surface area contributed by atoms with Gasteiger partial charge in [-0.05, 0) is 16.7 Å². The zero-order valence-corrected chi connectivity index (χ0v) is 37.2. The van der Waals surface area contributed by atoms with Gasteiger partial charge >= 0.3 is 24.0 Å². The Bertz CT molecular complexity index is 2220. The third-order valence-corrected chi connectivity index (χ3v) is 10.9. The molecule has 4 aromatic carbocycles. The first-order valence-electron chi connectivity index (χ1n) is 21.8. The molecule has 0 aliphatic carbocycles. The van der Waals surface area contributed by atoms with Gasteiger partial charge in [-0.3, -0.25) is 19.2 Å². The molecule has 11 atom stereocenters. The molecule has 0 radical (unpaired) electrons. The van der Waals surface area contributed by atoms with Crippen LogP contribution in [0.1, 0.15) is 49.3 Å². The maximum absolute atomic E-state index is 14.4. The highest BCUT2D eigenvalue weighted by Gasteiger charge is 2.54. The third kappa shape index (κ3) is 13.9. The van der Waals surface area contributed by atoms with Crippen LogP contribution in [-0.2, 0) is 91.1 Å². The predicted octanol–water partition coefficient (Wildman–Crippen LogP) is 4.58. The number of benzene rings is 4. The topological polar surface area (TPSA) is 211 Å². The summed E-state index contributed by atoms with van der Waals surface area (Å²) < 4.78 is 66.7. The largest absolute Gasteiger partial charge is 0.463 e. The van der Waals surface area contributed by atoms with Gasteiger partial charge in [-0.2, -0.15) is 0 Å². The maximum atomic E-state index is 14.4. The van der Waals surface area contributed by atoms with Crippen molar-refractivity contribution in [3.63, 3.8) is 0 Å². The molecule has 3 heterocycles. The molecule has 0 saturated carbocycles. The van der Waals surface area contributed by atoms with Gasteiger partial charge in [-0.25, -0.2) is 4.79 Å². The molecule has 1 unspecified atom stereocenters. The normalized spacial score (nSPS) is 26.8. The van der Waals surface area contributed by atoms with Crippen LogP contribution in [0.4, 0.5) is 4.79 Å². The standard InChI is InChI=1S/C49H54N2O16/c1-30(52)57-27-37-43(63-31(2)53)45(64-32(3)54)41(48(65-37)60-25-34-18-10-5-11-19-34)50-39(55)29-58-44-40(51-49(56)62-26-35-20-12-6-13-21-35)47(59-24-33-16-8-4-9-17-33)66-38-28-61-46(67-42(38)44)36-22-14-7-15-23-36/h4-23,37-38,40-48H,24-29H2,1-3H3,(H,50,55)(H,51,56)/t37-,38-,40-,41+,42-,43-,44-,45-,46?,47+,48+/m1/s1. The van der Waals surface area contributed by atoms with Crippen LogP contribution >= 0.6 is 0 Å². The number of alkyl carbamates (subject to hydrolysis) is 1. The summed E-state index contributed by atoms with van der Waals surface area (Å²) in [6.45, 7) is 2.44. The number of ether oxygens (including phenoxy) is 11. The van der Waals surface area contributed by atoms with Gasteiger partial charge in [-0.1, -0.05) is 121 Å². The second-order valence-corrected chi connectivity index (χ2v) is 15.9. The van der Waals surface area contributed by atoms with Gasteiger partial charge in [-0.15, -0.1) is 0 Å². The fourth-order valence-electron chi connectivity index (χ4n) is 7.85. The third-order valence-electron chi connectivity index (χ3n) is 10.9. The van der Waals surface area contributed by atoms with Gasteiger partial charge < -0.3 is 62.7 Å².